The van der Waals surface area contributed by atoms with Gasteiger partial charge in [-0.2, -0.15) is 0 Å². The molecular formula is C25H28N6O3S. The van der Waals surface area contributed by atoms with Gasteiger partial charge in [0.15, 0.2) is 0 Å². The Morgan fingerprint density at radius 2 is 1.71 bits per heavy atom. The number of carbonyl (C=O) groups is 3. The molecule has 4 rings (SSSR count). The second-order valence-electron chi connectivity index (χ2n) is 8.38. The normalized spacial score (nSPS) is 13.5. The van der Waals surface area contributed by atoms with E-state index >= 15 is 0 Å². The Bertz CT molecular complexity index is 1220. The number of piperazine rings is 1. The predicted molar refractivity (Wildman–Crippen MR) is 136 cm³/mol. The van der Waals surface area contributed by atoms with Crippen molar-refractivity contribution in [3.05, 3.63) is 69.9 Å². The number of carbonyl (C=O) groups excluding carboxylic acids is 3. The SMILES string of the molecule is Cc1nc(C)c(C(=O)N(C)CC(=O)N2CCN(c3ccccc3C(=O)Nc3ccncc3)CC2)s1. The zero-order valence-electron chi connectivity index (χ0n) is 20.0. The highest BCUT2D eigenvalue weighted by molar-refractivity contribution is 7.13. The molecule has 1 saturated heterocycles. The molecule has 0 spiro atoms. The summed E-state index contributed by atoms with van der Waals surface area (Å²) in [6, 6.07) is 10.9. The molecule has 1 aromatic carbocycles. The van der Waals surface area contributed by atoms with Gasteiger partial charge in [0, 0.05) is 57.0 Å². The molecule has 3 aromatic rings. The van der Waals surface area contributed by atoms with Gasteiger partial charge in [0.2, 0.25) is 5.91 Å². The molecule has 0 atom stereocenters. The highest BCUT2D eigenvalue weighted by Crippen LogP contribution is 2.23. The fraction of sp³-hybridized carbons (Fsp3) is 0.320. The Morgan fingerprint density at radius 1 is 1.03 bits per heavy atom. The molecule has 0 saturated carbocycles. The fourth-order valence-corrected chi connectivity index (χ4v) is 4.96. The maximum absolute atomic E-state index is 12.9. The number of nitrogens with zero attached hydrogens (tertiary/aromatic N) is 5. The first kappa shape index (κ1) is 24.3. The summed E-state index contributed by atoms with van der Waals surface area (Å²) in [7, 11) is 1.64. The lowest BCUT2D eigenvalue weighted by molar-refractivity contribution is -0.131. The van der Waals surface area contributed by atoms with E-state index in [1.807, 2.05) is 25.1 Å². The van der Waals surface area contributed by atoms with Crippen LogP contribution in [0, 0.1) is 13.8 Å². The first-order valence-electron chi connectivity index (χ1n) is 11.4. The molecule has 0 aliphatic carbocycles. The summed E-state index contributed by atoms with van der Waals surface area (Å²) in [5.74, 6) is -0.476. The summed E-state index contributed by atoms with van der Waals surface area (Å²) in [6.45, 7) is 5.90. The van der Waals surface area contributed by atoms with E-state index in [-0.39, 0.29) is 24.3 Å². The molecule has 10 heteroatoms. The van der Waals surface area contributed by atoms with Crippen LogP contribution in [0.15, 0.2) is 48.8 Å². The Hall–Kier alpha value is -3.79. The van der Waals surface area contributed by atoms with E-state index in [0.29, 0.717) is 48.0 Å². The van der Waals surface area contributed by atoms with Crippen molar-refractivity contribution < 1.29 is 14.4 Å². The van der Waals surface area contributed by atoms with Crippen LogP contribution in [0.3, 0.4) is 0 Å². The van der Waals surface area contributed by atoms with Gasteiger partial charge in [0.25, 0.3) is 11.8 Å². The van der Waals surface area contributed by atoms with E-state index in [1.54, 1.807) is 49.5 Å². The van der Waals surface area contributed by atoms with Crippen molar-refractivity contribution in [1.82, 2.24) is 19.8 Å². The van der Waals surface area contributed by atoms with Gasteiger partial charge < -0.3 is 20.0 Å². The third kappa shape index (κ3) is 5.65. The molecule has 1 aliphatic heterocycles. The number of aromatic nitrogens is 2. The number of hydrogen-bond acceptors (Lipinski definition) is 7. The molecule has 1 aliphatic rings. The summed E-state index contributed by atoms with van der Waals surface area (Å²) < 4.78 is 0. The average Bonchev–Trinajstić information content (AvgIpc) is 3.21. The minimum Gasteiger partial charge on any atom is -0.367 e. The molecule has 0 unspecified atom stereocenters. The van der Waals surface area contributed by atoms with E-state index in [4.69, 9.17) is 0 Å². The molecule has 9 nitrogen and oxygen atoms in total. The standard InChI is InChI=1S/C25H28N6O3S/c1-17-23(35-18(2)27-17)25(34)29(3)16-22(32)31-14-12-30(13-15-31)21-7-5-4-6-20(21)24(33)28-19-8-10-26-11-9-19/h4-11H,12-16H2,1-3H3,(H,26,28,33). The number of aryl methyl sites for hydroxylation is 2. The van der Waals surface area contributed by atoms with Gasteiger partial charge in [-0.15, -0.1) is 11.3 Å². The third-order valence-corrected chi connectivity index (χ3v) is 6.94. The zero-order valence-corrected chi connectivity index (χ0v) is 20.8. The number of thiazole rings is 1. The molecule has 2 aromatic heterocycles. The number of anilines is 2. The van der Waals surface area contributed by atoms with Gasteiger partial charge in [0.1, 0.15) is 4.88 Å². The van der Waals surface area contributed by atoms with Crippen LogP contribution >= 0.6 is 11.3 Å². The van der Waals surface area contributed by atoms with Crippen molar-refractivity contribution in [2.75, 3.05) is 50.0 Å². The van der Waals surface area contributed by atoms with Crippen molar-refractivity contribution in [1.29, 1.82) is 0 Å². The molecule has 3 heterocycles. The van der Waals surface area contributed by atoms with Crippen molar-refractivity contribution in [2.24, 2.45) is 0 Å². The van der Waals surface area contributed by atoms with Crippen molar-refractivity contribution in [2.45, 2.75) is 13.8 Å². The van der Waals surface area contributed by atoms with Crippen LogP contribution in [-0.2, 0) is 4.79 Å². The third-order valence-electron chi connectivity index (χ3n) is 5.88. The molecule has 1 N–H and O–H groups in total. The molecule has 3 amide bonds. The van der Waals surface area contributed by atoms with Crippen LogP contribution in [0.1, 0.15) is 30.7 Å². The van der Waals surface area contributed by atoms with Gasteiger partial charge >= 0.3 is 0 Å². The monoisotopic (exact) mass is 492 g/mol. The minimum atomic E-state index is -0.195. The number of benzene rings is 1. The molecule has 182 valence electrons. The molecular weight excluding hydrogens is 464 g/mol. The summed E-state index contributed by atoms with van der Waals surface area (Å²) >= 11 is 1.35. The number of para-hydroxylation sites is 1. The summed E-state index contributed by atoms with van der Waals surface area (Å²) in [4.78, 5) is 52.7. The van der Waals surface area contributed by atoms with Gasteiger partial charge in [-0.05, 0) is 38.1 Å². The van der Waals surface area contributed by atoms with Crippen LogP contribution in [-0.4, -0.2) is 77.3 Å². The van der Waals surface area contributed by atoms with Gasteiger partial charge in [-0.25, -0.2) is 4.98 Å². The number of amides is 3. The smallest absolute Gasteiger partial charge is 0.266 e. The van der Waals surface area contributed by atoms with Crippen molar-refractivity contribution in [3.8, 4) is 0 Å². The van der Waals surface area contributed by atoms with Gasteiger partial charge in [-0.1, -0.05) is 12.1 Å². The highest BCUT2D eigenvalue weighted by Gasteiger charge is 2.26. The Labute approximate surface area is 208 Å². The van der Waals surface area contributed by atoms with Crippen LogP contribution < -0.4 is 10.2 Å². The summed E-state index contributed by atoms with van der Waals surface area (Å²) in [6.07, 6.45) is 3.25. The van der Waals surface area contributed by atoms with Crippen LogP contribution in [0.4, 0.5) is 11.4 Å². The quantitative estimate of drug-likeness (QED) is 0.568. The predicted octanol–water partition coefficient (Wildman–Crippen LogP) is 2.83. The van der Waals surface area contributed by atoms with E-state index in [1.165, 1.54) is 16.2 Å². The number of pyridine rings is 1. The van der Waals surface area contributed by atoms with E-state index in [0.717, 1.165) is 10.7 Å². The second kappa shape index (κ2) is 10.6. The topological polar surface area (TPSA) is 98.7 Å². The Morgan fingerprint density at radius 3 is 2.37 bits per heavy atom. The summed E-state index contributed by atoms with van der Waals surface area (Å²) in [5, 5.41) is 3.73. The van der Waals surface area contributed by atoms with Crippen LogP contribution in [0.25, 0.3) is 0 Å². The largest absolute Gasteiger partial charge is 0.367 e. The second-order valence-corrected chi connectivity index (χ2v) is 9.59. The van der Waals surface area contributed by atoms with Crippen LogP contribution in [0.5, 0.6) is 0 Å². The number of hydrogen-bond donors (Lipinski definition) is 1. The van der Waals surface area contributed by atoms with E-state index in [9.17, 15) is 14.4 Å². The maximum atomic E-state index is 12.9. The van der Waals surface area contributed by atoms with Gasteiger partial charge in [0.05, 0.1) is 22.8 Å². The lowest BCUT2D eigenvalue weighted by Crippen LogP contribution is -2.51. The molecule has 0 bridgehead atoms. The first-order chi connectivity index (χ1) is 16.8. The zero-order chi connectivity index (χ0) is 24.9. The lowest BCUT2D eigenvalue weighted by Gasteiger charge is -2.37. The Kier molecular flexibility index (Phi) is 7.40. The first-order valence-corrected chi connectivity index (χ1v) is 12.2. The van der Waals surface area contributed by atoms with Crippen molar-refractivity contribution >= 4 is 40.4 Å². The van der Waals surface area contributed by atoms with E-state index < -0.39 is 0 Å². The summed E-state index contributed by atoms with van der Waals surface area (Å²) in [5.41, 5.74) is 2.77. The number of nitrogens with one attached hydrogen (secondary N) is 1. The van der Waals surface area contributed by atoms with Gasteiger partial charge in [-0.3, -0.25) is 19.4 Å². The number of likely N-dealkylation sites (N-methyl/N-ethyl adjacent to an activating group) is 1. The average molecular weight is 493 g/mol. The highest BCUT2D eigenvalue weighted by atomic mass is 32.1. The molecule has 35 heavy (non-hydrogen) atoms. The van der Waals surface area contributed by atoms with E-state index in [2.05, 4.69) is 20.2 Å². The van der Waals surface area contributed by atoms with Crippen LogP contribution in [0.2, 0.25) is 0 Å². The fourth-order valence-electron chi connectivity index (χ4n) is 4.05. The molecule has 0 radical (unpaired) electrons. The maximum Gasteiger partial charge on any atom is 0.266 e. The minimum absolute atomic E-state index is 0.0140. The number of rotatable bonds is 6. The molecule has 1 fully saturated rings. The lowest BCUT2D eigenvalue weighted by atomic mass is 10.1. The Balaban J connectivity index is 1.36. The van der Waals surface area contributed by atoms with Crippen molar-refractivity contribution in [3.63, 3.8) is 0 Å².